The second-order valence-corrected chi connectivity index (χ2v) is 5.44. The maximum Gasteiger partial charge on any atom is 0.333 e. The average Bonchev–Trinajstić information content (AvgIpc) is 2.94. The Morgan fingerprint density at radius 1 is 1.29 bits per heavy atom. The van der Waals surface area contributed by atoms with Crippen LogP contribution in [0.5, 0.6) is 0 Å². The number of nitrogens with zero attached hydrogens (tertiary/aromatic N) is 5. The van der Waals surface area contributed by atoms with E-state index in [-0.39, 0.29) is 11.9 Å². The molecule has 1 unspecified atom stereocenters. The van der Waals surface area contributed by atoms with Crippen molar-refractivity contribution >= 4 is 24.1 Å². The lowest BCUT2D eigenvalue weighted by atomic mass is 10.1. The lowest BCUT2D eigenvalue weighted by Crippen LogP contribution is -2.61. The first-order valence-electron chi connectivity index (χ1n) is 7.11. The molecule has 3 heterocycles. The van der Waals surface area contributed by atoms with Crippen molar-refractivity contribution in [2.24, 2.45) is 4.99 Å². The quantitative estimate of drug-likeness (QED) is 0.605. The van der Waals surface area contributed by atoms with Crippen LogP contribution in [0.15, 0.2) is 4.99 Å². The number of ether oxygens (including phenoxy) is 1. The summed E-state index contributed by atoms with van der Waals surface area (Å²) < 4.78 is 7.23. The van der Waals surface area contributed by atoms with Gasteiger partial charge in [0.15, 0.2) is 0 Å². The molecule has 3 amide bonds. The Kier molecular flexibility index (Phi) is 3.73. The number of aliphatic imine (C=N–C) groups is 1. The minimum atomic E-state index is -0.473. The van der Waals surface area contributed by atoms with E-state index in [0.717, 1.165) is 37.7 Å². The summed E-state index contributed by atoms with van der Waals surface area (Å²) in [5.41, 5.74) is 0. The highest BCUT2D eigenvalue weighted by Gasteiger charge is 2.50. The van der Waals surface area contributed by atoms with E-state index in [1.165, 1.54) is 11.9 Å². The van der Waals surface area contributed by atoms with Crippen LogP contribution in [0, 0.1) is 0 Å². The first kappa shape index (κ1) is 14.2. The highest BCUT2D eigenvalue weighted by molar-refractivity contribution is 6.21. The number of morpholine rings is 1. The molecule has 0 aliphatic carbocycles. The van der Waals surface area contributed by atoms with Crippen LogP contribution in [0.4, 0.5) is 4.79 Å². The van der Waals surface area contributed by atoms with Crippen LogP contribution in [-0.2, 0) is 9.53 Å². The van der Waals surface area contributed by atoms with Crippen LogP contribution in [0.1, 0.15) is 0 Å². The molecular formula is C13H20N5O3+. The van der Waals surface area contributed by atoms with Gasteiger partial charge in [-0.15, -0.1) is 0 Å². The molecule has 0 aromatic heterocycles. The summed E-state index contributed by atoms with van der Waals surface area (Å²) in [7, 11) is 3.16. The van der Waals surface area contributed by atoms with Crippen LogP contribution >= 0.6 is 0 Å². The van der Waals surface area contributed by atoms with Crippen molar-refractivity contribution in [3.05, 3.63) is 0 Å². The van der Waals surface area contributed by atoms with Crippen LogP contribution in [0.2, 0.25) is 0 Å². The first-order valence-corrected chi connectivity index (χ1v) is 7.11. The van der Waals surface area contributed by atoms with E-state index in [4.69, 9.17) is 4.74 Å². The highest BCUT2D eigenvalue weighted by atomic mass is 16.5. The molecule has 0 spiro atoms. The van der Waals surface area contributed by atoms with E-state index in [0.29, 0.717) is 12.4 Å². The number of amides is 3. The zero-order valence-electron chi connectivity index (χ0n) is 12.4. The van der Waals surface area contributed by atoms with E-state index in [2.05, 4.69) is 9.89 Å². The molecule has 2 fully saturated rings. The highest BCUT2D eigenvalue weighted by Crippen LogP contribution is 2.16. The number of carbonyl (C=O) groups is 2. The topological polar surface area (TPSA) is 68.5 Å². The fourth-order valence-electron chi connectivity index (χ4n) is 2.81. The molecule has 0 saturated carbocycles. The SMILES string of the molecule is CN1C(=O)C2C(=NC=[N+]2CCN2CCOCC2)N(C)C1=O. The van der Waals surface area contributed by atoms with Gasteiger partial charge in [0.05, 0.1) is 19.8 Å². The zero-order chi connectivity index (χ0) is 15.0. The minimum Gasteiger partial charge on any atom is -0.379 e. The number of rotatable bonds is 3. The van der Waals surface area contributed by atoms with Gasteiger partial charge in [0.2, 0.25) is 0 Å². The summed E-state index contributed by atoms with van der Waals surface area (Å²) in [5.74, 6) is 0.303. The summed E-state index contributed by atoms with van der Waals surface area (Å²) in [6.45, 7) is 4.91. The lowest BCUT2D eigenvalue weighted by molar-refractivity contribution is -0.531. The summed E-state index contributed by atoms with van der Waals surface area (Å²) in [6.07, 6.45) is 1.67. The molecule has 1 atom stereocenters. The number of urea groups is 1. The summed E-state index contributed by atoms with van der Waals surface area (Å²) in [5, 5.41) is 0. The van der Waals surface area contributed by atoms with Crippen LogP contribution < -0.4 is 0 Å². The van der Waals surface area contributed by atoms with Gasteiger partial charge in [-0.3, -0.25) is 19.5 Å². The van der Waals surface area contributed by atoms with Crippen molar-refractivity contribution in [1.29, 1.82) is 0 Å². The van der Waals surface area contributed by atoms with Crippen LogP contribution in [0.25, 0.3) is 0 Å². The van der Waals surface area contributed by atoms with Gasteiger partial charge in [0.1, 0.15) is 0 Å². The monoisotopic (exact) mass is 294 g/mol. The molecule has 0 N–H and O–H groups in total. The number of hydrogen-bond acceptors (Lipinski definition) is 5. The standard InChI is InChI=1S/C13H20N5O3/c1-15-11-10(12(19)16(2)13(15)20)18(9-14-11)4-3-17-5-7-21-8-6-17/h9-10H,3-8H2,1-2H3/q+1. The lowest BCUT2D eigenvalue weighted by Gasteiger charge is -2.31. The number of fused-ring (bicyclic) bond motifs is 1. The molecule has 0 aromatic rings. The van der Waals surface area contributed by atoms with E-state index < -0.39 is 6.04 Å². The Morgan fingerprint density at radius 2 is 2.00 bits per heavy atom. The normalized spacial score (nSPS) is 26.9. The summed E-state index contributed by atoms with van der Waals surface area (Å²) in [4.78, 5) is 33.4. The van der Waals surface area contributed by atoms with Gasteiger partial charge in [-0.25, -0.2) is 9.37 Å². The largest absolute Gasteiger partial charge is 0.379 e. The maximum absolute atomic E-state index is 12.3. The van der Waals surface area contributed by atoms with Crippen molar-refractivity contribution in [2.75, 3.05) is 53.5 Å². The van der Waals surface area contributed by atoms with Gasteiger partial charge in [0, 0.05) is 33.7 Å². The van der Waals surface area contributed by atoms with Crippen LogP contribution in [-0.4, -0.2) is 103 Å². The van der Waals surface area contributed by atoms with Crippen molar-refractivity contribution < 1.29 is 18.9 Å². The Morgan fingerprint density at radius 3 is 2.71 bits per heavy atom. The first-order chi connectivity index (χ1) is 10.1. The van der Waals surface area contributed by atoms with E-state index in [1.807, 2.05) is 4.58 Å². The number of imide groups is 1. The Hall–Kier alpha value is -1.80. The number of hydrogen-bond donors (Lipinski definition) is 0. The Labute approximate surface area is 123 Å². The van der Waals surface area contributed by atoms with Crippen LogP contribution in [0.3, 0.4) is 0 Å². The van der Waals surface area contributed by atoms with Crippen molar-refractivity contribution in [2.45, 2.75) is 6.04 Å². The summed E-state index contributed by atoms with van der Waals surface area (Å²) in [6, 6.07) is -0.808. The second kappa shape index (κ2) is 5.53. The molecule has 0 bridgehead atoms. The van der Waals surface area contributed by atoms with Crippen molar-refractivity contribution in [3.8, 4) is 0 Å². The average molecular weight is 294 g/mol. The van der Waals surface area contributed by atoms with Crippen molar-refractivity contribution in [1.82, 2.24) is 14.7 Å². The maximum atomic E-state index is 12.3. The number of amidine groups is 1. The van der Waals surface area contributed by atoms with Crippen molar-refractivity contribution in [3.63, 3.8) is 0 Å². The number of carbonyl (C=O) groups excluding carboxylic acids is 2. The van der Waals surface area contributed by atoms with Gasteiger partial charge >= 0.3 is 6.03 Å². The van der Waals surface area contributed by atoms with Gasteiger partial charge in [-0.1, -0.05) is 0 Å². The molecule has 8 nitrogen and oxygen atoms in total. The summed E-state index contributed by atoms with van der Waals surface area (Å²) >= 11 is 0. The fraction of sp³-hybridized carbons (Fsp3) is 0.692. The molecule has 3 rings (SSSR count). The third-order valence-corrected chi connectivity index (χ3v) is 4.17. The van der Waals surface area contributed by atoms with Gasteiger partial charge in [-0.2, -0.15) is 0 Å². The molecule has 114 valence electrons. The fourth-order valence-corrected chi connectivity index (χ4v) is 2.81. The molecule has 3 aliphatic rings. The van der Waals surface area contributed by atoms with Gasteiger partial charge in [-0.05, 0) is 4.99 Å². The Balaban J connectivity index is 1.66. The molecule has 2 saturated heterocycles. The Bertz CT molecular complexity index is 524. The van der Waals surface area contributed by atoms with E-state index >= 15 is 0 Å². The predicted molar refractivity (Wildman–Crippen MR) is 75.6 cm³/mol. The number of likely N-dealkylation sites (N-methyl/N-ethyl adjacent to an activating group) is 2. The molecule has 3 aliphatic heterocycles. The molecular weight excluding hydrogens is 274 g/mol. The van der Waals surface area contributed by atoms with Gasteiger partial charge < -0.3 is 4.74 Å². The minimum absolute atomic E-state index is 0.215. The molecule has 21 heavy (non-hydrogen) atoms. The zero-order valence-corrected chi connectivity index (χ0v) is 12.4. The van der Waals surface area contributed by atoms with E-state index in [1.54, 1.807) is 13.4 Å². The third-order valence-electron chi connectivity index (χ3n) is 4.17. The molecule has 0 aromatic carbocycles. The van der Waals surface area contributed by atoms with Gasteiger partial charge in [0.25, 0.3) is 24.1 Å². The predicted octanol–water partition coefficient (Wildman–Crippen LogP) is -1.34. The molecule has 0 radical (unpaired) electrons. The smallest absolute Gasteiger partial charge is 0.333 e. The van der Waals surface area contributed by atoms with E-state index in [9.17, 15) is 9.59 Å². The third kappa shape index (κ3) is 2.44. The molecule has 8 heteroatoms. The second-order valence-electron chi connectivity index (χ2n) is 5.44.